The van der Waals surface area contributed by atoms with Crippen molar-refractivity contribution in [2.75, 3.05) is 19.0 Å². The second-order valence-electron chi connectivity index (χ2n) is 6.63. The number of imide groups is 1. The van der Waals surface area contributed by atoms with E-state index in [1.807, 2.05) is 0 Å². The predicted octanol–water partition coefficient (Wildman–Crippen LogP) is 2.71. The number of rotatable bonds is 5. The molecule has 0 spiro atoms. The van der Waals surface area contributed by atoms with Crippen LogP contribution in [-0.4, -0.2) is 50.3 Å². The number of carbonyl (C=O) groups excluding carboxylic acids is 3. The number of hydrogen-bond donors (Lipinski definition) is 2. The number of sulfonamides is 1. The second kappa shape index (κ2) is 8.84. The Labute approximate surface area is 182 Å². The zero-order valence-corrected chi connectivity index (χ0v) is 19.0. The molecule has 1 atom stereocenters. The Kier molecular flexibility index (Phi) is 6.60. The molecular formula is C18H21N3O6S3. The van der Waals surface area contributed by atoms with Gasteiger partial charge in [0.1, 0.15) is 15.3 Å². The van der Waals surface area contributed by atoms with E-state index in [0.29, 0.717) is 18.4 Å². The number of alkyl carbamates (subject to hydrolysis) is 1. The lowest BCUT2D eigenvalue weighted by Gasteiger charge is -2.22. The standard InChI is InChI=1S/C18H21N3O6S3/c1-10-11(2)29-17(14(10)16(23)20-18(24)27-3)19-15(22)12-6-4-8-21(12)30(25,26)13-7-5-9-28-13/h5,7,9,12H,4,6,8H2,1-3H3,(H,19,22)(H,20,23,24). The molecule has 3 heterocycles. The highest BCUT2D eigenvalue weighted by Crippen LogP contribution is 2.34. The maximum Gasteiger partial charge on any atom is 0.413 e. The van der Waals surface area contributed by atoms with Crippen molar-refractivity contribution in [2.45, 2.75) is 36.9 Å². The number of methoxy groups -OCH3 is 1. The molecule has 0 aliphatic carbocycles. The van der Waals surface area contributed by atoms with Gasteiger partial charge in [0.25, 0.3) is 15.9 Å². The third-order valence-corrected chi connectivity index (χ3v) is 9.22. The summed E-state index contributed by atoms with van der Waals surface area (Å²) in [7, 11) is -2.64. The minimum Gasteiger partial charge on any atom is -0.453 e. The predicted molar refractivity (Wildman–Crippen MR) is 114 cm³/mol. The Morgan fingerprint density at radius 1 is 1.27 bits per heavy atom. The number of amides is 3. The van der Waals surface area contributed by atoms with Gasteiger partial charge in [0.2, 0.25) is 5.91 Å². The van der Waals surface area contributed by atoms with E-state index in [9.17, 15) is 22.8 Å². The minimum atomic E-state index is -3.78. The summed E-state index contributed by atoms with van der Waals surface area (Å²) in [5.74, 6) is -1.21. The molecule has 1 aliphatic rings. The lowest BCUT2D eigenvalue weighted by molar-refractivity contribution is -0.119. The van der Waals surface area contributed by atoms with Gasteiger partial charge in [0, 0.05) is 11.4 Å². The van der Waals surface area contributed by atoms with Crippen molar-refractivity contribution in [3.8, 4) is 0 Å². The van der Waals surface area contributed by atoms with E-state index in [1.165, 1.54) is 21.7 Å². The van der Waals surface area contributed by atoms with Crippen LogP contribution in [0.2, 0.25) is 0 Å². The number of ether oxygens (including phenoxy) is 1. The molecule has 2 N–H and O–H groups in total. The van der Waals surface area contributed by atoms with Crippen LogP contribution in [0.15, 0.2) is 21.7 Å². The van der Waals surface area contributed by atoms with Crippen molar-refractivity contribution in [2.24, 2.45) is 0 Å². The zero-order chi connectivity index (χ0) is 22.1. The van der Waals surface area contributed by atoms with Gasteiger partial charge in [-0.1, -0.05) is 6.07 Å². The fraction of sp³-hybridized carbons (Fsp3) is 0.389. The van der Waals surface area contributed by atoms with Crippen molar-refractivity contribution in [1.29, 1.82) is 0 Å². The Morgan fingerprint density at radius 3 is 2.63 bits per heavy atom. The first-order chi connectivity index (χ1) is 14.2. The number of carbonyl (C=O) groups is 3. The van der Waals surface area contributed by atoms with Crippen LogP contribution in [-0.2, 0) is 19.6 Å². The zero-order valence-electron chi connectivity index (χ0n) is 16.6. The molecule has 1 fully saturated rings. The minimum absolute atomic E-state index is 0.155. The summed E-state index contributed by atoms with van der Waals surface area (Å²) in [5, 5.41) is 6.71. The van der Waals surface area contributed by atoms with Gasteiger partial charge in [0.05, 0.1) is 12.7 Å². The molecule has 1 saturated heterocycles. The monoisotopic (exact) mass is 471 g/mol. The van der Waals surface area contributed by atoms with E-state index >= 15 is 0 Å². The molecule has 9 nitrogen and oxygen atoms in total. The Morgan fingerprint density at radius 2 is 2.00 bits per heavy atom. The summed E-state index contributed by atoms with van der Waals surface area (Å²) >= 11 is 2.28. The van der Waals surface area contributed by atoms with Gasteiger partial charge >= 0.3 is 6.09 Å². The summed E-state index contributed by atoms with van der Waals surface area (Å²) in [4.78, 5) is 37.7. The number of hydrogen-bond acceptors (Lipinski definition) is 8. The van der Waals surface area contributed by atoms with E-state index < -0.39 is 34.0 Å². The van der Waals surface area contributed by atoms with Crippen LogP contribution < -0.4 is 10.6 Å². The number of thiophene rings is 2. The fourth-order valence-corrected chi connectivity index (χ4v) is 7.04. The van der Waals surface area contributed by atoms with Crippen LogP contribution in [0.3, 0.4) is 0 Å². The van der Waals surface area contributed by atoms with E-state index in [0.717, 1.165) is 23.3 Å². The van der Waals surface area contributed by atoms with Crippen LogP contribution in [0.5, 0.6) is 0 Å². The molecule has 3 rings (SSSR count). The third kappa shape index (κ3) is 4.26. The highest BCUT2D eigenvalue weighted by atomic mass is 32.2. The summed E-state index contributed by atoms with van der Waals surface area (Å²) in [6.45, 7) is 3.74. The van der Waals surface area contributed by atoms with Crippen LogP contribution in [0, 0.1) is 13.8 Å². The SMILES string of the molecule is COC(=O)NC(=O)c1c(NC(=O)C2CCCN2S(=O)(=O)c2cccs2)sc(C)c1C. The van der Waals surface area contributed by atoms with Crippen LogP contribution in [0.4, 0.5) is 9.80 Å². The van der Waals surface area contributed by atoms with E-state index in [4.69, 9.17) is 0 Å². The first kappa shape index (κ1) is 22.4. The number of nitrogens with zero attached hydrogens (tertiary/aromatic N) is 1. The molecule has 12 heteroatoms. The normalized spacial score (nSPS) is 17.0. The van der Waals surface area contributed by atoms with E-state index in [2.05, 4.69) is 15.4 Å². The van der Waals surface area contributed by atoms with Gasteiger partial charge in [-0.15, -0.1) is 22.7 Å². The second-order valence-corrected chi connectivity index (χ2v) is 10.9. The van der Waals surface area contributed by atoms with Gasteiger partial charge in [-0.05, 0) is 43.7 Å². The molecule has 2 aromatic rings. The summed E-state index contributed by atoms with van der Waals surface area (Å²) in [6.07, 6.45) is 0.0224. The van der Waals surface area contributed by atoms with Crippen molar-refractivity contribution in [1.82, 2.24) is 9.62 Å². The highest BCUT2D eigenvalue weighted by Gasteiger charge is 2.40. The first-order valence-corrected chi connectivity index (χ1v) is 12.2. The Bertz CT molecular complexity index is 1080. The maximum absolute atomic E-state index is 13.0. The fourth-order valence-electron chi connectivity index (χ4n) is 3.21. The molecule has 1 unspecified atom stereocenters. The van der Waals surface area contributed by atoms with Gasteiger partial charge in [-0.3, -0.25) is 14.9 Å². The number of aryl methyl sites for hydroxylation is 1. The Hall–Kier alpha value is -2.28. The Balaban J connectivity index is 1.85. The summed E-state index contributed by atoms with van der Waals surface area (Å²) < 4.78 is 31.6. The average Bonchev–Trinajstić information content (AvgIpc) is 3.43. The molecule has 0 radical (unpaired) electrons. The quantitative estimate of drug-likeness (QED) is 0.691. The van der Waals surface area contributed by atoms with Crippen molar-refractivity contribution in [3.05, 3.63) is 33.5 Å². The number of anilines is 1. The molecule has 3 amide bonds. The molecule has 1 aliphatic heterocycles. The maximum atomic E-state index is 13.0. The van der Waals surface area contributed by atoms with Crippen LogP contribution in [0.1, 0.15) is 33.6 Å². The molecule has 0 aromatic carbocycles. The van der Waals surface area contributed by atoms with Crippen molar-refractivity contribution in [3.63, 3.8) is 0 Å². The summed E-state index contributed by atoms with van der Waals surface area (Å²) in [5.41, 5.74) is 0.771. The number of nitrogens with one attached hydrogen (secondary N) is 2. The highest BCUT2D eigenvalue weighted by molar-refractivity contribution is 7.91. The lowest BCUT2D eigenvalue weighted by Crippen LogP contribution is -2.43. The molecule has 0 saturated carbocycles. The molecule has 162 valence electrons. The smallest absolute Gasteiger partial charge is 0.413 e. The molecular weight excluding hydrogens is 450 g/mol. The first-order valence-electron chi connectivity index (χ1n) is 9.02. The largest absolute Gasteiger partial charge is 0.453 e. The molecule has 30 heavy (non-hydrogen) atoms. The lowest BCUT2D eigenvalue weighted by atomic mass is 10.1. The van der Waals surface area contributed by atoms with Crippen LogP contribution >= 0.6 is 22.7 Å². The average molecular weight is 472 g/mol. The third-order valence-electron chi connectivity index (χ3n) is 4.81. The summed E-state index contributed by atoms with van der Waals surface area (Å²) in [6, 6.07) is 2.28. The van der Waals surface area contributed by atoms with Gasteiger partial charge in [0.15, 0.2) is 0 Å². The van der Waals surface area contributed by atoms with Gasteiger partial charge in [-0.2, -0.15) is 4.31 Å². The molecule has 2 aromatic heterocycles. The van der Waals surface area contributed by atoms with Crippen molar-refractivity contribution < 1.29 is 27.5 Å². The van der Waals surface area contributed by atoms with Crippen LogP contribution in [0.25, 0.3) is 0 Å². The van der Waals surface area contributed by atoms with E-state index in [1.54, 1.807) is 25.3 Å². The topological polar surface area (TPSA) is 122 Å². The van der Waals surface area contributed by atoms with Gasteiger partial charge in [-0.25, -0.2) is 13.2 Å². The van der Waals surface area contributed by atoms with Gasteiger partial charge < -0.3 is 10.1 Å². The van der Waals surface area contributed by atoms with E-state index in [-0.39, 0.29) is 21.3 Å². The molecule has 0 bridgehead atoms. The van der Waals surface area contributed by atoms with Crippen molar-refractivity contribution >= 4 is 55.6 Å².